The molecule has 0 bridgehead atoms. The van der Waals surface area contributed by atoms with Crippen molar-refractivity contribution in [3.05, 3.63) is 28.3 Å². The van der Waals surface area contributed by atoms with Crippen molar-refractivity contribution in [1.29, 1.82) is 0 Å². The Bertz CT molecular complexity index is 510. The highest BCUT2D eigenvalue weighted by atomic mass is 16.5. The summed E-state index contributed by atoms with van der Waals surface area (Å²) in [6.07, 6.45) is 1.15. The summed E-state index contributed by atoms with van der Waals surface area (Å²) in [4.78, 5) is 2.56. The number of hydrogen-bond acceptors (Lipinski definition) is 3. The number of methoxy groups -OCH3 is 1. The van der Waals surface area contributed by atoms with Gasteiger partial charge >= 0.3 is 0 Å². The van der Waals surface area contributed by atoms with Gasteiger partial charge in [0, 0.05) is 30.7 Å². The zero-order valence-electron chi connectivity index (χ0n) is 14.4. The molecule has 0 spiro atoms. The van der Waals surface area contributed by atoms with Gasteiger partial charge in [0.25, 0.3) is 0 Å². The maximum absolute atomic E-state index is 6.16. The summed E-state index contributed by atoms with van der Waals surface area (Å²) in [5.41, 5.74) is 11.7. The smallest absolute Gasteiger partial charge is 0.122 e. The molecule has 0 fully saturated rings. The number of nitrogens with two attached hydrogens (primary N) is 1. The Labute approximate surface area is 129 Å². The van der Waals surface area contributed by atoms with Gasteiger partial charge in [0.2, 0.25) is 0 Å². The third-order valence-corrected chi connectivity index (χ3v) is 4.96. The molecule has 0 aliphatic carbocycles. The van der Waals surface area contributed by atoms with Crippen LogP contribution in [0, 0.1) is 6.92 Å². The first kappa shape index (κ1) is 16.3. The minimum Gasteiger partial charge on any atom is -0.496 e. The van der Waals surface area contributed by atoms with E-state index in [-0.39, 0.29) is 0 Å². The van der Waals surface area contributed by atoms with E-state index in [0.717, 1.165) is 18.7 Å². The average Bonchev–Trinajstić information content (AvgIpc) is 2.85. The van der Waals surface area contributed by atoms with Gasteiger partial charge in [-0.2, -0.15) is 0 Å². The van der Waals surface area contributed by atoms with Crippen LogP contribution in [0.25, 0.3) is 0 Å². The number of rotatable bonds is 5. The molecule has 0 saturated heterocycles. The summed E-state index contributed by atoms with van der Waals surface area (Å²) in [5, 5.41) is 0. The highest BCUT2D eigenvalue weighted by Gasteiger charge is 2.36. The fourth-order valence-electron chi connectivity index (χ4n) is 3.63. The normalized spacial score (nSPS) is 19.9. The zero-order chi connectivity index (χ0) is 15.7. The van der Waals surface area contributed by atoms with E-state index in [0.29, 0.717) is 24.5 Å². The Kier molecular flexibility index (Phi) is 4.95. The lowest BCUT2D eigenvalue weighted by Crippen LogP contribution is -2.35. The molecule has 1 aromatic rings. The molecule has 2 unspecified atom stereocenters. The maximum atomic E-state index is 6.16. The highest BCUT2D eigenvalue weighted by molar-refractivity contribution is 5.54. The second-order valence-electron chi connectivity index (χ2n) is 6.54. The average molecular weight is 290 g/mol. The van der Waals surface area contributed by atoms with Crippen molar-refractivity contribution >= 4 is 0 Å². The van der Waals surface area contributed by atoms with Crippen molar-refractivity contribution in [2.24, 2.45) is 5.73 Å². The Morgan fingerprint density at radius 1 is 1.38 bits per heavy atom. The lowest BCUT2D eigenvalue weighted by molar-refractivity contribution is 0.156. The van der Waals surface area contributed by atoms with Crippen LogP contribution in [-0.4, -0.2) is 24.6 Å². The molecule has 2 atom stereocenters. The van der Waals surface area contributed by atoms with Gasteiger partial charge in [-0.3, -0.25) is 4.90 Å². The number of benzene rings is 1. The zero-order valence-corrected chi connectivity index (χ0v) is 14.4. The van der Waals surface area contributed by atoms with Gasteiger partial charge in [0.1, 0.15) is 5.75 Å². The largest absolute Gasteiger partial charge is 0.496 e. The third kappa shape index (κ3) is 2.69. The minimum absolute atomic E-state index is 0.321. The van der Waals surface area contributed by atoms with Crippen molar-refractivity contribution in [3.63, 3.8) is 0 Å². The molecular formula is C18H30N2O. The molecule has 1 aliphatic rings. The molecule has 118 valence electrons. The first-order valence-electron chi connectivity index (χ1n) is 8.12. The molecule has 0 aromatic heterocycles. The van der Waals surface area contributed by atoms with Gasteiger partial charge in [0.05, 0.1) is 7.11 Å². The van der Waals surface area contributed by atoms with E-state index in [2.05, 4.69) is 45.6 Å². The van der Waals surface area contributed by atoms with Crippen LogP contribution in [0.15, 0.2) is 6.07 Å². The summed E-state index contributed by atoms with van der Waals surface area (Å²) in [7, 11) is 1.77. The second kappa shape index (κ2) is 6.37. The molecule has 3 heteroatoms. The SMILES string of the molecule is CCC(C)N1Cc2c(C)cc(OC)c(C(C)C)c2C1CN. The molecule has 1 heterocycles. The summed E-state index contributed by atoms with van der Waals surface area (Å²) in [6.45, 7) is 12.9. The highest BCUT2D eigenvalue weighted by Crippen LogP contribution is 2.45. The fourth-order valence-corrected chi connectivity index (χ4v) is 3.63. The lowest BCUT2D eigenvalue weighted by Gasteiger charge is -2.30. The van der Waals surface area contributed by atoms with Crippen molar-refractivity contribution in [2.75, 3.05) is 13.7 Å². The summed E-state index contributed by atoms with van der Waals surface area (Å²) in [6, 6.07) is 3.07. The summed E-state index contributed by atoms with van der Waals surface area (Å²) >= 11 is 0. The number of ether oxygens (including phenoxy) is 1. The van der Waals surface area contributed by atoms with Crippen LogP contribution in [0.4, 0.5) is 0 Å². The van der Waals surface area contributed by atoms with Crippen LogP contribution >= 0.6 is 0 Å². The van der Waals surface area contributed by atoms with Crippen LogP contribution in [0.5, 0.6) is 5.75 Å². The van der Waals surface area contributed by atoms with Gasteiger partial charge in [0.15, 0.2) is 0 Å². The predicted octanol–water partition coefficient (Wildman–Crippen LogP) is 3.74. The monoisotopic (exact) mass is 290 g/mol. The minimum atomic E-state index is 0.321. The van der Waals surface area contributed by atoms with Crippen molar-refractivity contribution in [3.8, 4) is 5.75 Å². The molecule has 0 amide bonds. The summed E-state index contributed by atoms with van der Waals surface area (Å²) in [5.74, 6) is 1.46. The van der Waals surface area contributed by atoms with Gasteiger partial charge in [-0.1, -0.05) is 20.8 Å². The van der Waals surface area contributed by atoms with Crippen LogP contribution in [-0.2, 0) is 6.54 Å². The molecule has 2 N–H and O–H groups in total. The van der Waals surface area contributed by atoms with E-state index in [4.69, 9.17) is 10.5 Å². The van der Waals surface area contributed by atoms with E-state index in [1.165, 1.54) is 22.3 Å². The van der Waals surface area contributed by atoms with Gasteiger partial charge in [-0.05, 0) is 48.9 Å². The van der Waals surface area contributed by atoms with E-state index in [9.17, 15) is 0 Å². The Hall–Kier alpha value is -1.06. The molecule has 3 nitrogen and oxygen atoms in total. The van der Waals surface area contributed by atoms with Crippen LogP contribution < -0.4 is 10.5 Å². The first-order chi connectivity index (χ1) is 9.96. The Morgan fingerprint density at radius 3 is 2.52 bits per heavy atom. The van der Waals surface area contributed by atoms with E-state index >= 15 is 0 Å². The first-order valence-corrected chi connectivity index (χ1v) is 8.12. The van der Waals surface area contributed by atoms with Crippen LogP contribution in [0.1, 0.15) is 68.3 Å². The number of nitrogens with zero attached hydrogens (tertiary/aromatic N) is 1. The van der Waals surface area contributed by atoms with Crippen molar-refractivity contribution in [2.45, 2.75) is 65.6 Å². The second-order valence-corrected chi connectivity index (χ2v) is 6.54. The van der Waals surface area contributed by atoms with Gasteiger partial charge < -0.3 is 10.5 Å². The third-order valence-electron chi connectivity index (χ3n) is 4.96. The van der Waals surface area contributed by atoms with Gasteiger partial charge in [-0.15, -0.1) is 0 Å². The quantitative estimate of drug-likeness (QED) is 0.897. The lowest BCUT2D eigenvalue weighted by atomic mass is 9.88. The number of hydrogen-bond donors (Lipinski definition) is 1. The van der Waals surface area contributed by atoms with Crippen LogP contribution in [0.2, 0.25) is 0 Å². The van der Waals surface area contributed by atoms with E-state index in [1.807, 2.05) is 0 Å². The maximum Gasteiger partial charge on any atom is 0.122 e. The molecule has 0 radical (unpaired) electrons. The molecule has 2 rings (SSSR count). The van der Waals surface area contributed by atoms with Crippen molar-refractivity contribution < 1.29 is 4.74 Å². The predicted molar refractivity (Wildman–Crippen MR) is 88.9 cm³/mol. The van der Waals surface area contributed by atoms with Gasteiger partial charge in [-0.25, -0.2) is 0 Å². The molecule has 0 saturated carbocycles. The number of aryl methyl sites for hydroxylation is 1. The fraction of sp³-hybridized carbons (Fsp3) is 0.667. The molecule has 1 aliphatic heterocycles. The van der Waals surface area contributed by atoms with E-state index in [1.54, 1.807) is 7.11 Å². The topological polar surface area (TPSA) is 38.5 Å². The standard InChI is InChI=1S/C18H30N2O/c1-7-13(5)20-10-14-12(4)8-16(21-6)17(11(2)3)18(14)15(20)9-19/h8,11,13,15H,7,9-10,19H2,1-6H3. The summed E-state index contributed by atoms with van der Waals surface area (Å²) < 4.78 is 5.67. The molecule has 1 aromatic carbocycles. The van der Waals surface area contributed by atoms with Crippen molar-refractivity contribution in [1.82, 2.24) is 4.90 Å². The van der Waals surface area contributed by atoms with E-state index < -0.39 is 0 Å². The Morgan fingerprint density at radius 2 is 2.05 bits per heavy atom. The van der Waals surface area contributed by atoms with Crippen LogP contribution in [0.3, 0.4) is 0 Å². The Balaban J connectivity index is 2.62. The molecular weight excluding hydrogens is 260 g/mol. The molecule has 21 heavy (non-hydrogen) atoms. The number of fused-ring (bicyclic) bond motifs is 1.